The summed E-state index contributed by atoms with van der Waals surface area (Å²) in [6.07, 6.45) is 0. The fourth-order valence-corrected chi connectivity index (χ4v) is 6.86. The van der Waals surface area contributed by atoms with E-state index < -0.39 is 6.04 Å². The number of furan rings is 1. The summed E-state index contributed by atoms with van der Waals surface area (Å²) in [5.41, 5.74) is 7.59. The van der Waals surface area contributed by atoms with Gasteiger partial charge in [-0.2, -0.15) is 0 Å². The van der Waals surface area contributed by atoms with E-state index in [0.717, 1.165) is 44.2 Å². The number of rotatable bonds is 5. The molecule has 0 bridgehead atoms. The van der Waals surface area contributed by atoms with E-state index in [1.54, 1.807) is 24.3 Å². The van der Waals surface area contributed by atoms with E-state index in [1.165, 1.54) is 10.8 Å². The van der Waals surface area contributed by atoms with Crippen molar-refractivity contribution in [3.05, 3.63) is 170 Å². The predicted octanol–water partition coefficient (Wildman–Crippen LogP) is 11.5. The summed E-state index contributed by atoms with van der Waals surface area (Å²) in [6, 6.07) is 44.1. The van der Waals surface area contributed by atoms with Crippen LogP contribution in [0.4, 0.5) is 0 Å². The molecule has 0 aliphatic rings. The van der Waals surface area contributed by atoms with Crippen molar-refractivity contribution in [1.82, 2.24) is 19.5 Å². The highest BCUT2D eigenvalue weighted by molar-refractivity contribution is 6.13. The van der Waals surface area contributed by atoms with Crippen LogP contribution in [0.1, 0.15) is 6.85 Å². The van der Waals surface area contributed by atoms with E-state index in [-0.39, 0.29) is 29.7 Å². The zero-order chi connectivity index (χ0) is 37.4. The Kier molecular flexibility index (Phi) is 5.35. The van der Waals surface area contributed by atoms with Crippen molar-refractivity contribution in [2.24, 2.45) is 0 Å². The SMILES string of the molecule is [2H]c1c([2H])c([2H])c(-c2ccc(-c3nc(-c4ccccc4)nc(-c4cccc5oc6ccc(-n7c8ccccc8c8ccccc87)cc6c45)n3)cc2)c([2H])c1[2H]. The standard InChI is InChI=1S/C45H28N4O/c1-3-12-29(13-4-1)30-22-24-32(25-23-30)44-46-43(31-14-5-2-6-15-31)47-45(48-44)36-18-11-21-41-42(36)37-28-33(26-27-40(37)50-41)49-38-19-9-7-16-34(38)35-17-8-10-20-39(35)49/h1-28H/i1D,3D,4D,12D,13D. The lowest BCUT2D eigenvalue weighted by molar-refractivity contribution is 0.669. The van der Waals surface area contributed by atoms with Crippen molar-refractivity contribution in [2.75, 3.05) is 0 Å². The van der Waals surface area contributed by atoms with Crippen LogP contribution in [0.3, 0.4) is 0 Å². The van der Waals surface area contributed by atoms with Gasteiger partial charge >= 0.3 is 0 Å². The fraction of sp³-hybridized carbons (Fsp3) is 0. The van der Waals surface area contributed by atoms with Crippen LogP contribution < -0.4 is 0 Å². The van der Waals surface area contributed by atoms with Crippen LogP contribution in [0.25, 0.3) is 94.7 Å². The van der Waals surface area contributed by atoms with Gasteiger partial charge in [0.15, 0.2) is 17.5 Å². The number of aromatic nitrogens is 4. The van der Waals surface area contributed by atoms with Crippen LogP contribution in [0.5, 0.6) is 0 Å². The maximum absolute atomic E-state index is 8.46. The van der Waals surface area contributed by atoms with Gasteiger partial charge in [0, 0.05) is 43.9 Å². The minimum absolute atomic E-state index is 0.137. The Bertz CT molecular complexity index is 3070. The van der Waals surface area contributed by atoms with Crippen molar-refractivity contribution < 1.29 is 11.3 Å². The Labute approximate surface area is 294 Å². The van der Waals surface area contributed by atoms with Gasteiger partial charge in [0.1, 0.15) is 11.2 Å². The Morgan fingerprint density at radius 2 is 1.08 bits per heavy atom. The molecular formula is C45H28N4O. The van der Waals surface area contributed by atoms with Crippen LogP contribution >= 0.6 is 0 Å². The average Bonchev–Trinajstić information content (AvgIpc) is 3.78. The summed E-state index contributed by atoms with van der Waals surface area (Å²) in [5.74, 6) is 1.38. The molecule has 3 aromatic heterocycles. The third-order valence-corrected chi connectivity index (χ3v) is 9.16. The van der Waals surface area contributed by atoms with Crippen LogP contribution in [0, 0.1) is 0 Å². The smallest absolute Gasteiger partial charge is 0.164 e. The monoisotopic (exact) mass is 645 g/mol. The normalized spacial score (nSPS) is 13.0. The minimum Gasteiger partial charge on any atom is -0.456 e. The van der Waals surface area contributed by atoms with Crippen molar-refractivity contribution in [3.8, 4) is 51.0 Å². The lowest BCUT2D eigenvalue weighted by Crippen LogP contribution is -2.00. The molecule has 10 aromatic rings. The quantitative estimate of drug-likeness (QED) is 0.187. The first-order valence-corrected chi connectivity index (χ1v) is 16.3. The molecule has 0 saturated heterocycles. The van der Waals surface area contributed by atoms with Crippen molar-refractivity contribution in [1.29, 1.82) is 0 Å². The molecular weight excluding hydrogens is 613 g/mol. The van der Waals surface area contributed by atoms with Gasteiger partial charge < -0.3 is 8.98 Å². The highest BCUT2D eigenvalue weighted by Gasteiger charge is 2.19. The molecule has 234 valence electrons. The van der Waals surface area contributed by atoms with Gasteiger partial charge in [0.25, 0.3) is 0 Å². The molecule has 0 aliphatic carbocycles. The maximum atomic E-state index is 8.46. The zero-order valence-corrected chi connectivity index (χ0v) is 26.5. The highest BCUT2D eigenvalue weighted by Crippen LogP contribution is 2.39. The molecule has 0 N–H and O–H groups in total. The molecule has 5 heteroatoms. The van der Waals surface area contributed by atoms with E-state index >= 15 is 0 Å². The lowest BCUT2D eigenvalue weighted by atomic mass is 10.0. The van der Waals surface area contributed by atoms with Crippen LogP contribution in [-0.4, -0.2) is 19.5 Å². The maximum Gasteiger partial charge on any atom is 0.164 e. The largest absolute Gasteiger partial charge is 0.456 e. The second kappa shape index (κ2) is 11.4. The Hall–Kier alpha value is -6.85. The van der Waals surface area contributed by atoms with Crippen LogP contribution in [0.2, 0.25) is 0 Å². The Morgan fingerprint density at radius 3 is 1.80 bits per heavy atom. The van der Waals surface area contributed by atoms with Gasteiger partial charge in [-0.15, -0.1) is 0 Å². The molecule has 5 nitrogen and oxygen atoms in total. The molecule has 3 heterocycles. The molecule has 50 heavy (non-hydrogen) atoms. The van der Waals surface area contributed by atoms with Crippen LogP contribution in [-0.2, 0) is 0 Å². The summed E-state index contributed by atoms with van der Waals surface area (Å²) in [5, 5.41) is 4.18. The zero-order valence-electron chi connectivity index (χ0n) is 31.5. The molecule has 0 aliphatic heterocycles. The van der Waals surface area contributed by atoms with Gasteiger partial charge in [0.2, 0.25) is 0 Å². The van der Waals surface area contributed by atoms with Crippen molar-refractivity contribution >= 4 is 43.7 Å². The van der Waals surface area contributed by atoms with E-state index in [2.05, 4.69) is 65.2 Å². The van der Waals surface area contributed by atoms with E-state index in [1.807, 2.05) is 54.6 Å². The summed E-state index contributed by atoms with van der Waals surface area (Å²) < 4.78 is 49.9. The molecule has 10 rings (SSSR count). The van der Waals surface area contributed by atoms with Gasteiger partial charge in [-0.1, -0.05) is 133 Å². The second-order valence-electron chi connectivity index (χ2n) is 12.1. The minimum atomic E-state index is -0.426. The predicted molar refractivity (Wildman–Crippen MR) is 203 cm³/mol. The van der Waals surface area contributed by atoms with Crippen molar-refractivity contribution in [3.63, 3.8) is 0 Å². The summed E-state index contributed by atoms with van der Waals surface area (Å²) in [4.78, 5) is 15.0. The Morgan fingerprint density at radius 1 is 0.460 bits per heavy atom. The van der Waals surface area contributed by atoms with Gasteiger partial charge in [-0.05, 0) is 47.5 Å². The van der Waals surface area contributed by atoms with Gasteiger partial charge in [-0.3, -0.25) is 0 Å². The highest BCUT2D eigenvalue weighted by atomic mass is 16.3. The van der Waals surface area contributed by atoms with E-state index in [4.69, 9.17) is 26.2 Å². The molecule has 7 aromatic carbocycles. The number of para-hydroxylation sites is 2. The molecule has 0 saturated carbocycles. The molecule has 0 radical (unpaired) electrons. The van der Waals surface area contributed by atoms with E-state index in [0.29, 0.717) is 34.2 Å². The summed E-state index contributed by atoms with van der Waals surface area (Å²) in [7, 11) is 0. The molecule has 0 spiro atoms. The summed E-state index contributed by atoms with van der Waals surface area (Å²) in [6.45, 7) is 0. The molecule has 0 unspecified atom stereocenters. The third kappa shape index (κ3) is 4.60. The molecule has 0 fully saturated rings. The van der Waals surface area contributed by atoms with Gasteiger partial charge in [0.05, 0.1) is 17.9 Å². The summed E-state index contributed by atoms with van der Waals surface area (Å²) >= 11 is 0. The Balaban J connectivity index is 1.16. The lowest BCUT2D eigenvalue weighted by Gasteiger charge is -2.10. The number of hydrogen-bond acceptors (Lipinski definition) is 4. The van der Waals surface area contributed by atoms with Crippen LogP contribution in [0.15, 0.2) is 174 Å². The first kappa shape index (κ1) is 23.5. The first-order valence-electron chi connectivity index (χ1n) is 18.8. The fourth-order valence-electron chi connectivity index (χ4n) is 6.86. The van der Waals surface area contributed by atoms with Gasteiger partial charge in [-0.25, -0.2) is 15.0 Å². The first-order chi connectivity index (χ1) is 26.9. The number of hydrogen-bond donors (Lipinski definition) is 0. The topological polar surface area (TPSA) is 56.7 Å². The third-order valence-electron chi connectivity index (χ3n) is 9.16. The second-order valence-corrected chi connectivity index (χ2v) is 12.1. The number of fused-ring (bicyclic) bond motifs is 6. The average molecular weight is 646 g/mol. The number of benzene rings is 7. The van der Waals surface area contributed by atoms with E-state index in [9.17, 15) is 0 Å². The molecule has 0 amide bonds. The van der Waals surface area contributed by atoms with Crippen molar-refractivity contribution in [2.45, 2.75) is 0 Å². The molecule has 0 atom stereocenters. The number of nitrogens with zero attached hydrogens (tertiary/aromatic N) is 4.